The quantitative estimate of drug-likeness (QED) is 0.670. The Bertz CT molecular complexity index is 594. The Morgan fingerprint density at radius 2 is 2.28 bits per heavy atom. The van der Waals surface area contributed by atoms with Crippen molar-refractivity contribution in [1.29, 1.82) is 0 Å². The van der Waals surface area contributed by atoms with Crippen molar-refractivity contribution in [2.45, 2.75) is 6.92 Å². The van der Waals surface area contributed by atoms with Crippen LogP contribution in [0.4, 0.5) is 5.95 Å². The van der Waals surface area contributed by atoms with Gasteiger partial charge in [-0.1, -0.05) is 5.10 Å². The number of phenols is 1. The number of H-pyrrole nitrogens is 1. The van der Waals surface area contributed by atoms with E-state index < -0.39 is 5.91 Å². The number of rotatable bonds is 3. The number of hydrogen-bond acceptors (Lipinski definition) is 6. The van der Waals surface area contributed by atoms with Crippen LogP contribution in [0.15, 0.2) is 12.1 Å². The smallest absolute Gasteiger partial charge is 0.261 e. The lowest BCUT2D eigenvalue weighted by atomic mass is 10.0. The van der Waals surface area contributed by atoms with Crippen molar-refractivity contribution in [2.75, 3.05) is 5.32 Å². The first-order valence-electron chi connectivity index (χ1n) is 4.95. The minimum atomic E-state index is -0.613. The van der Waals surface area contributed by atoms with E-state index in [1.54, 1.807) is 6.92 Å². The summed E-state index contributed by atoms with van der Waals surface area (Å²) >= 11 is 0. The maximum atomic E-state index is 11.9. The molecule has 0 aliphatic carbocycles. The molecule has 1 amide bonds. The standard InChI is InChI=1S/C10H9N5O3/c1-5-2-6(4-16)8(17)7(3-5)9(18)11-10-12-14-15-13-10/h2-4,17H,1H3,(H2,11,12,13,14,15,18). The van der Waals surface area contributed by atoms with Gasteiger partial charge >= 0.3 is 0 Å². The number of aldehydes is 1. The van der Waals surface area contributed by atoms with Gasteiger partial charge in [-0.05, 0) is 35.0 Å². The van der Waals surface area contributed by atoms with E-state index >= 15 is 0 Å². The Hall–Kier alpha value is -2.77. The third-order valence-electron chi connectivity index (χ3n) is 2.23. The third-order valence-corrected chi connectivity index (χ3v) is 2.23. The van der Waals surface area contributed by atoms with E-state index in [1.807, 2.05) is 0 Å². The number of aryl methyl sites for hydroxylation is 1. The molecule has 0 unspecified atom stereocenters. The molecule has 0 saturated carbocycles. The largest absolute Gasteiger partial charge is 0.506 e. The number of anilines is 1. The van der Waals surface area contributed by atoms with Crippen molar-refractivity contribution in [3.05, 3.63) is 28.8 Å². The Labute approximate surface area is 101 Å². The summed E-state index contributed by atoms with van der Waals surface area (Å²) in [6.07, 6.45) is 0.481. The number of carbonyl (C=O) groups excluding carboxylic acids is 2. The second-order valence-corrected chi connectivity index (χ2v) is 3.57. The highest BCUT2D eigenvalue weighted by atomic mass is 16.3. The number of hydrogen-bond donors (Lipinski definition) is 3. The van der Waals surface area contributed by atoms with Crippen molar-refractivity contribution in [3.63, 3.8) is 0 Å². The van der Waals surface area contributed by atoms with Crippen LogP contribution in [0.25, 0.3) is 0 Å². The summed E-state index contributed by atoms with van der Waals surface area (Å²) < 4.78 is 0. The molecule has 0 spiro atoms. The summed E-state index contributed by atoms with van der Waals surface area (Å²) in [6, 6.07) is 2.94. The maximum absolute atomic E-state index is 11.9. The molecule has 0 bridgehead atoms. The Balaban J connectivity index is 2.35. The van der Waals surface area contributed by atoms with E-state index in [9.17, 15) is 14.7 Å². The van der Waals surface area contributed by atoms with Gasteiger partial charge in [-0.15, -0.1) is 0 Å². The highest BCUT2D eigenvalue weighted by Crippen LogP contribution is 2.23. The van der Waals surface area contributed by atoms with Crippen LogP contribution < -0.4 is 5.32 Å². The molecule has 0 radical (unpaired) electrons. The molecular weight excluding hydrogens is 238 g/mol. The Morgan fingerprint density at radius 1 is 1.50 bits per heavy atom. The lowest BCUT2D eigenvalue weighted by molar-refractivity contribution is 0.102. The van der Waals surface area contributed by atoms with Gasteiger partial charge in [0.2, 0.25) is 5.95 Å². The van der Waals surface area contributed by atoms with Gasteiger partial charge in [0.15, 0.2) is 6.29 Å². The molecule has 0 aliphatic heterocycles. The second-order valence-electron chi connectivity index (χ2n) is 3.57. The highest BCUT2D eigenvalue weighted by molar-refractivity contribution is 6.06. The van der Waals surface area contributed by atoms with Crippen LogP contribution in [-0.4, -0.2) is 37.9 Å². The molecule has 92 valence electrons. The fourth-order valence-corrected chi connectivity index (χ4v) is 1.46. The SMILES string of the molecule is Cc1cc(C=O)c(O)c(C(=O)Nc2nnn[nH]2)c1. The lowest BCUT2D eigenvalue weighted by Crippen LogP contribution is -2.14. The van der Waals surface area contributed by atoms with Gasteiger partial charge < -0.3 is 5.11 Å². The number of aromatic hydroxyl groups is 1. The van der Waals surface area contributed by atoms with Crippen LogP contribution in [0.2, 0.25) is 0 Å². The molecule has 2 aromatic rings. The van der Waals surface area contributed by atoms with Gasteiger partial charge in [0.05, 0.1) is 11.1 Å². The van der Waals surface area contributed by atoms with Crippen LogP contribution in [0.3, 0.4) is 0 Å². The number of amides is 1. The molecule has 8 heteroatoms. The van der Waals surface area contributed by atoms with Crippen LogP contribution in [0, 0.1) is 6.92 Å². The molecule has 0 fully saturated rings. The number of nitrogens with one attached hydrogen (secondary N) is 2. The summed E-state index contributed by atoms with van der Waals surface area (Å²) in [4.78, 5) is 22.6. The monoisotopic (exact) mass is 247 g/mol. The van der Waals surface area contributed by atoms with E-state index in [4.69, 9.17) is 0 Å². The van der Waals surface area contributed by atoms with Gasteiger partial charge in [0, 0.05) is 0 Å². The first kappa shape index (κ1) is 11.7. The predicted molar refractivity (Wildman–Crippen MR) is 60.4 cm³/mol. The van der Waals surface area contributed by atoms with Gasteiger partial charge in [-0.3, -0.25) is 14.9 Å². The minimum absolute atomic E-state index is 0.0199. The van der Waals surface area contributed by atoms with Gasteiger partial charge in [-0.25, -0.2) is 5.10 Å². The number of carbonyl (C=O) groups is 2. The molecule has 1 aromatic heterocycles. The normalized spacial score (nSPS) is 10.1. The molecule has 8 nitrogen and oxygen atoms in total. The molecule has 2 rings (SSSR count). The average molecular weight is 247 g/mol. The zero-order valence-corrected chi connectivity index (χ0v) is 9.34. The Morgan fingerprint density at radius 3 is 2.89 bits per heavy atom. The van der Waals surface area contributed by atoms with Crippen LogP contribution >= 0.6 is 0 Å². The van der Waals surface area contributed by atoms with Crippen molar-refractivity contribution >= 4 is 18.1 Å². The minimum Gasteiger partial charge on any atom is -0.506 e. The van der Waals surface area contributed by atoms with Crippen LogP contribution in [0.5, 0.6) is 5.75 Å². The van der Waals surface area contributed by atoms with E-state index in [0.29, 0.717) is 11.8 Å². The maximum Gasteiger partial charge on any atom is 0.261 e. The number of aromatic nitrogens is 4. The summed E-state index contributed by atoms with van der Waals surface area (Å²) in [7, 11) is 0. The van der Waals surface area contributed by atoms with Gasteiger partial charge in [0.1, 0.15) is 5.75 Å². The van der Waals surface area contributed by atoms with E-state index in [1.165, 1.54) is 12.1 Å². The topological polar surface area (TPSA) is 121 Å². The molecule has 0 atom stereocenters. The summed E-state index contributed by atoms with van der Waals surface area (Å²) in [5.74, 6) is -0.938. The summed E-state index contributed by atoms with van der Waals surface area (Å²) in [5.41, 5.74) is 0.708. The third kappa shape index (κ3) is 2.17. The molecular formula is C10H9N5O3. The Kier molecular flexibility index (Phi) is 3.00. The zero-order chi connectivity index (χ0) is 13.1. The van der Waals surface area contributed by atoms with Gasteiger partial charge in [0.25, 0.3) is 5.91 Å². The second kappa shape index (κ2) is 4.62. The van der Waals surface area contributed by atoms with Crippen LogP contribution in [0.1, 0.15) is 26.3 Å². The average Bonchev–Trinajstić information content (AvgIpc) is 2.84. The number of aromatic amines is 1. The van der Waals surface area contributed by atoms with Crippen LogP contribution in [-0.2, 0) is 0 Å². The first-order valence-corrected chi connectivity index (χ1v) is 4.95. The molecule has 1 aromatic carbocycles. The fraction of sp³-hybridized carbons (Fsp3) is 0.100. The van der Waals surface area contributed by atoms with E-state index in [2.05, 4.69) is 25.9 Å². The van der Waals surface area contributed by atoms with Crippen molar-refractivity contribution in [1.82, 2.24) is 20.6 Å². The summed E-state index contributed by atoms with van der Waals surface area (Å²) in [5, 5.41) is 24.5. The van der Waals surface area contributed by atoms with E-state index in [0.717, 1.165) is 0 Å². The number of nitrogens with zero attached hydrogens (tertiary/aromatic N) is 3. The molecule has 0 aliphatic rings. The van der Waals surface area contributed by atoms with Gasteiger partial charge in [-0.2, -0.15) is 0 Å². The summed E-state index contributed by atoms with van der Waals surface area (Å²) in [6.45, 7) is 1.71. The molecule has 1 heterocycles. The first-order chi connectivity index (χ1) is 8.61. The molecule has 3 N–H and O–H groups in total. The number of phenolic OH excluding ortho intramolecular Hbond substituents is 1. The van der Waals surface area contributed by atoms with Crippen molar-refractivity contribution in [2.24, 2.45) is 0 Å². The highest BCUT2D eigenvalue weighted by Gasteiger charge is 2.16. The number of benzene rings is 1. The zero-order valence-electron chi connectivity index (χ0n) is 9.34. The molecule has 0 saturated heterocycles. The molecule has 18 heavy (non-hydrogen) atoms. The van der Waals surface area contributed by atoms with Crippen molar-refractivity contribution in [3.8, 4) is 5.75 Å². The fourth-order valence-electron chi connectivity index (χ4n) is 1.46. The predicted octanol–water partition coefficient (Wildman–Crippen LogP) is 0.279. The van der Waals surface area contributed by atoms with E-state index in [-0.39, 0.29) is 22.8 Å². The lowest BCUT2D eigenvalue weighted by Gasteiger charge is -2.07. The van der Waals surface area contributed by atoms with Crippen molar-refractivity contribution < 1.29 is 14.7 Å². The number of tetrazole rings is 1.